The number of amides is 1. The molecule has 2 saturated heterocycles. The second-order valence-electron chi connectivity index (χ2n) is 7.80. The van der Waals surface area contributed by atoms with Gasteiger partial charge in [0.05, 0.1) is 17.9 Å². The second-order valence-corrected chi connectivity index (χ2v) is 9.59. The van der Waals surface area contributed by atoms with Gasteiger partial charge in [0, 0.05) is 31.7 Å². The maximum Gasteiger partial charge on any atom is 0.407 e. The molecule has 0 radical (unpaired) electrons. The van der Waals surface area contributed by atoms with Crippen LogP contribution >= 0.6 is 11.0 Å². The molecule has 0 saturated carbocycles. The molecule has 2 aromatic rings. The third-order valence-corrected chi connectivity index (χ3v) is 8.03. The lowest BCUT2D eigenvalue weighted by Crippen LogP contribution is -2.50. The highest BCUT2D eigenvalue weighted by atomic mass is 32.3. The van der Waals surface area contributed by atoms with Crippen molar-refractivity contribution in [1.29, 1.82) is 0 Å². The summed E-state index contributed by atoms with van der Waals surface area (Å²) in [5, 5.41) is 9.26. The molecular weight excluding hydrogens is 411 g/mol. The lowest BCUT2D eigenvalue weighted by Gasteiger charge is -2.44. The summed E-state index contributed by atoms with van der Waals surface area (Å²) in [5.74, 6) is -0.528. The number of hydrogen-bond acceptors (Lipinski definition) is 6. The van der Waals surface area contributed by atoms with E-state index in [9.17, 15) is 23.4 Å². The van der Waals surface area contributed by atoms with Gasteiger partial charge in [-0.1, -0.05) is 24.3 Å². The van der Waals surface area contributed by atoms with Gasteiger partial charge in [-0.15, -0.1) is 0 Å². The third-order valence-electron chi connectivity index (χ3n) is 6.17. The molecule has 0 aromatic heterocycles. The van der Waals surface area contributed by atoms with Crippen LogP contribution in [0.1, 0.15) is 6.42 Å². The lowest BCUT2D eigenvalue weighted by molar-refractivity contribution is 0.104. The fourth-order valence-electron chi connectivity index (χ4n) is 4.81. The largest absolute Gasteiger partial charge is 0.465 e. The first kappa shape index (κ1) is 19.4. The summed E-state index contributed by atoms with van der Waals surface area (Å²) < 4.78 is 39.6. The Labute approximate surface area is 175 Å². The molecule has 3 aliphatic rings. The van der Waals surface area contributed by atoms with Crippen molar-refractivity contribution < 1.29 is 23.4 Å². The van der Waals surface area contributed by atoms with Crippen LogP contribution in [0.4, 0.5) is 26.2 Å². The number of piperazine rings is 1. The zero-order valence-electron chi connectivity index (χ0n) is 16.1. The second kappa shape index (κ2) is 7.02. The van der Waals surface area contributed by atoms with Crippen LogP contribution in [-0.2, 0) is 0 Å². The molecule has 0 spiro atoms. The highest BCUT2D eigenvalue weighted by molar-refractivity contribution is 8.27. The van der Waals surface area contributed by atoms with Crippen molar-refractivity contribution >= 4 is 34.1 Å². The van der Waals surface area contributed by atoms with Crippen molar-refractivity contribution in [3.63, 3.8) is 0 Å². The number of benzene rings is 2. The van der Waals surface area contributed by atoms with Crippen LogP contribution in [0.3, 0.4) is 0 Å². The SMILES string of the molecule is O=C(O)N1C[C@@H]2C[C@H]1CN2CCN1c2ccccc2N(c2ccccc2F)S1(O)O. The van der Waals surface area contributed by atoms with Gasteiger partial charge in [-0.25, -0.2) is 13.5 Å². The summed E-state index contributed by atoms with van der Waals surface area (Å²) >= 11 is 0. The van der Waals surface area contributed by atoms with E-state index in [-0.39, 0.29) is 17.8 Å². The van der Waals surface area contributed by atoms with Gasteiger partial charge in [-0.2, -0.15) is 0 Å². The van der Waals surface area contributed by atoms with Gasteiger partial charge in [0.15, 0.2) is 0 Å². The zero-order chi connectivity index (χ0) is 21.0. The average molecular weight is 434 g/mol. The Morgan fingerprint density at radius 2 is 1.63 bits per heavy atom. The molecule has 0 aliphatic carbocycles. The summed E-state index contributed by atoms with van der Waals surface area (Å²) in [6.07, 6.45) is -0.0779. The minimum Gasteiger partial charge on any atom is -0.465 e. The standard InChI is InChI=1S/C20H23FN4O4S/c21-16-5-1-2-6-17(16)25-19-8-4-3-7-18(19)24(30(25,28)29)10-9-22-12-15-11-14(22)13-23(15)20(26)27/h1-8,14-15,28-29H,9-13H2,(H,26,27)/t14-,15-/m0/s1. The monoisotopic (exact) mass is 434 g/mol. The minimum absolute atomic E-state index is 0.00589. The Hall–Kier alpha value is -2.53. The van der Waals surface area contributed by atoms with Crippen molar-refractivity contribution in [3.05, 3.63) is 54.3 Å². The summed E-state index contributed by atoms with van der Waals surface area (Å²) in [6, 6.07) is 13.3. The fraction of sp³-hybridized carbons (Fsp3) is 0.350. The summed E-state index contributed by atoms with van der Waals surface area (Å²) in [5.41, 5.74) is 1.30. The van der Waals surface area contributed by atoms with E-state index in [2.05, 4.69) is 4.90 Å². The number of fused-ring (bicyclic) bond motifs is 3. The molecule has 10 heteroatoms. The van der Waals surface area contributed by atoms with Gasteiger partial charge in [0.1, 0.15) is 11.5 Å². The van der Waals surface area contributed by atoms with Crippen LogP contribution in [0.25, 0.3) is 0 Å². The van der Waals surface area contributed by atoms with E-state index in [1.54, 1.807) is 30.3 Å². The third kappa shape index (κ3) is 2.90. The van der Waals surface area contributed by atoms with Crippen molar-refractivity contribution in [2.24, 2.45) is 0 Å². The quantitative estimate of drug-likeness (QED) is 0.674. The Balaban J connectivity index is 1.39. The molecule has 1 amide bonds. The van der Waals surface area contributed by atoms with Gasteiger partial charge in [-0.3, -0.25) is 18.3 Å². The van der Waals surface area contributed by atoms with Crippen LogP contribution in [0.2, 0.25) is 0 Å². The first-order valence-corrected chi connectivity index (χ1v) is 11.3. The van der Waals surface area contributed by atoms with Crippen LogP contribution in [-0.4, -0.2) is 68.4 Å². The van der Waals surface area contributed by atoms with E-state index in [1.165, 1.54) is 25.6 Å². The van der Waals surface area contributed by atoms with Crippen molar-refractivity contribution in [2.75, 3.05) is 34.8 Å². The highest BCUT2D eigenvalue weighted by Gasteiger charge is 2.47. The molecule has 0 unspecified atom stereocenters. The molecule has 3 N–H and O–H groups in total. The number of para-hydroxylation sites is 3. The molecule has 2 aromatic carbocycles. The highest BCUT2D eigenvalue weighted by Crippen LogP contribution is 2.64. The molecule has 30 heavy (non-hydrogen) atoms. The predicted octanol–water partition coefficient (Wildman–Crippen LogP) is 3.80. The molecule has 2 fully saturated rings. The normalized spacial score (nSPS) is 25.6. The molecule has 2 bridgehead atoms. The molecule has 3 aliphatic heterocycles. The molecule has 8 nitrogen and oxygen atoms in total. The van der Waals surface area contributed by atoms with E-state index >= 15 is 0 Å². The number of likely N-dealkylation sites (tertiary alicyclic amines) is 2. The predicted molar refractivity (Wildman–Crippen MR) is 114 cm³/mol. The van der Waals surface area contributed by atoms with Crippen molar-refractivity contribution in [2.45, 2.75) is 18.5 Å². The smallest absolute Gasteiger partial charge is 0.407 e. The maximum absolute atomic E-state index is 14.5. The van der Waals surface area contributed by atoms with E-state index in [4.69, 9.17) is 0 Å². The van der Waals surface area contributed by atoms with E-state index in [0.717, 1.165) is 6.42 Å². The van der Waals surface area contributed by atoms with Crippen LogP contribution in [0.5, 0.6) is 0 Å². The van der Waals surface area contributed by atoms with E-state index in [0.29, 0.717) is 37.6 Å². The number of carboxylic acid groups (broad SMARTS) is 1. The summed E-state index contributed by atoms with van der Waals surface area (Å²) in [6.45, 7) is 2.02. The maximum atomic E-state index is 14.5. The summed E-state index contributed by atoms with van der Waals surface area (Å²) in [4.78, 5) is 15.0. The Morgan fingerprint density at radius 3 is 2.27 bits per heavy atom. The first-order chi connectivity index (χ1) is 14.4. The van der Waals surface area contributed by atoms with Gasteiger partial charge in [0.25, 0.3) is 0 Å². The zero-order valence-corrected chi connectivity index (χ0v) is 17.0. The van der Waals surface area contributed by atoms with Crippen LogP contribution in [0.15, 0.2) is 48.5 Å². The molecule has 160 valence electrons. The van der Waals surface area contributed by atoms with Crippen LogP contribution < -0.4 is 8.61 Å². The Kier molecular flexibility index (Phi) is 4.55. The lowest BCUT2D eigenvalue weighted by atomic mass is 10.2. The molecular formula is C20H23FN4O4S. The molecule has 5 rings (SSSR count). The number of rotatable bonds is 4. The number of carbonyl (C=O) groups is 1. The number of anilines is 3. The van der Waals surface area contributed by atoms with Crippen molar-refractivity contribution in [3.8, 4) is 0 Å². The first-order valence-electron chi connectivity index (χ1n) is 9.81. The average Bonchev–Trinajstić information content (AvgIpc) is 3.36. The minimum atomic E-state index is -3.50. The van der Waals surface area contributed by atoms with Crippen molar-refractivity contribution in [1.82, 2.24) is 9.80 Å². The van der Waals surface area contributed by atoms with Crippen LogP contribution in [0, 0.1) is 5.82 Å². The van der Waals surface area contributed by atoms with E-state index < -0.39 is 22.9 Å². The number of nitrogens with zero attached hydrogens (tertiary/aromatic N) is 4. The van der Waals surface area contributed by atoms with Gasteiger partial charge < -0.3 is 10.0 Å². The van der Waals surface area contributed by atoms with E-state index in [1.807, 2.05) is 6.07 Å². The summed E-state index contributed by atoms with van der Waals surface area (Å²) in [7, 11) is -3.50. The van der Waals surface area contributed by atoms with Gasteiger partial charge in [0.2, 0.25) is 0 Å². The fourth-order valence-corrected chi connectivity index (χ4v) is 6.58. The number of halogens is 1. The Bertz CT molecular complexity index is 993. The number of hydrogen-bond donors (Lipinski definition) is 3. The Morgan fingerprint density at radius 1 is 0.967 bits per heavy atom. The molecule has 2 atom stereocenters. The van der Waals surface area contributed by atoms with Gasteiger partial charge >= 0.3 is 6.09 Å². The topological polar surface area (TPSA) is 90.7 Å². The van der Waals surface area contributed by atoms with Gasteiger partial charge in [-0.05, 0) is 41.6 Å². The molecule has 3 heterocycles.